The molecule has 6 heteroatoms. The monoisotopic (exact) mass is 264 g/mol. The Hall–Kier alpha value is -2.24. The lowest BCUT2D eigenvalue weighted by molar-refractivity contribution is 0.252. The number of methoxy groups -OCH3 is 1. The molecule has 2 amide bonds. The zero-order valence-corrected chi connectivity index (χ0v) is 11.0. The number of rotatable bonds is 7. The van der Waals surface area contributed by atoms with Crippen LogP contribution in [-0.4, -0.2) is 25.5 Å². The number of ether oxygens (including phenoxy) is 1. The molecule has 0 heterocycles. The summed E-state index contributed by atoms with van der Waals surface area (Å²) in [4.78, 5) is 11.5. The Balaban J connectivity index is 2.21. The van der Waals surface area contributed by atoms with E-state index in [1.807, 2.05) is 0 Å². The standard InChI is InChI=1S/C13H20N4O2/c1-19-11-7-5-10(6-8-11)17-13(18)16-9-3-2-4-12(14)15/h5-8H,2-4,9H2,1H3,(H3,14,15)(H2,16,17,18). The molecule has 0 atom stereocenters. The van der Waals surface area contributed by atoms with Crippen LogP contribution in [0.5, 0.6) is 5.75 Å². The van der Waals surface area contributed by atoms with Crippen molar-refractivity contribution in [2.75, 3.05) is 19.0 Å². The normalized spacial score (nSPS) is 9.74. The van der Waals surface area contributed by atoms with Crippen molar-refractivity contribution in [2.45, 2.75) is 19.3 Å². The van der Waals surface area contributed by atoms with Crippen LogP contribution in [0.3, 0.4) is 0 Å². The van der Waals surface area contributed by atoms with Crippen molar-refractivity contribution in [3.05, 3.63) is 24.3 Å². The highest BCUT2D eigenvalue weighted by molar-refractivity contribution is 5.89. The van der Waals surface area contributed by atoms with Gasteiger partial charge in [0.2, 0.25) is 0 Å². The molecule has 104 valence electrons. The van der Waals surface area contributed by atoms with Crippen molar-refractivity contribution in [3.8, 4) is 5.75 Å². The fourth-order valence-corrected chi connectivity index (χ4v) is 1.49. The second-order valence-electron chi connectivity index (χ2n) is 4.09. The zero-order valence-electron chi connectivity index (χ0n) is 11.0. The summed E-state index contributed by atoms with van der Waals surface area (Å²) in [6.07, 6.45) is 2.18. The molecule has 5 N–H and O–H groups in total. The summed E-state index contributed by atoms with van der Waals surface area (Å²) < 4.78 is 5.03. The van der Waals surface area contributed by atoms with E-state index in [9.17, 15) is 4.79 Å². The van der Waals surface area contributed by atoms with Gasteiger partial charge in [-0.2, -0.15) is 0 Å². The molecule has 0 fully saturated rings. The molecule has 0 aromatic heterocycles. The maximum atomic E-state index is 11.5. The van der Waals surface area contributed by atoms with Gasteiger partial charge in [-0.25, -0.2) is 4.79 Å². The summed E-state index contributed by atoms with van der Waals surface area (Å²) in [6.45, 7) is 0.565. The van der Waals surface area contributed by atoms with E-state index in [-0.39, 0.29) is 11.9 Å². The number of amides is 2. The average molecular weight is 264 g/mol. The number of carbonyl (C=O) groups excluding carboxylic acids is 1. The molecule has 0 saturated heterocycles. The van der Waals surface area contributed by atoms with Gasteiger partial charge >= 0.3 is 6.03 Å². The number of hydrogen-bond donors (Lipinski definition) is 4. The number of carbonyl (C=O) groups is 1. The van der Waals surface area contributed by atoms with Crippen LogP contribution >= 0.6 is 0 Å². The predicted octanol–water partition coefficient (Wildman–Crippen LogP) is 1.92. The van der Waals surface area contributed by atoms with E-state index in [4.69, 9.17) is 15.9 Å². The number of amidine groups is 1. The first kappa shape index (κ1) is 14.8. The number of anilines is 1. The Morgan fingerprint density at radius 1 is 1.32 bits per heavy atom. The average Bonchev–Trinajstić information content (AvgIpc) is 2.39. The second-order valence-corrected chi connectivity index (χ2v) is 4.09. The molecule has 1 aromatic rings. The summed E-state index contributed by atoms with van der Waals surface area (Å²) in [5.74, 6) is 0.929. The number of hydrogen-bond acceptors (Lipinski definition) is 3. The quantitative estimate of drug-likeness (QED) is 0.344. The number of benzene rings is 1. The molecule has 1 aromatic carbocycles. The van der Waals surface area contributed by atoms with Gasteiger partial charge in [-0.1, -0.05) is 0 Å². The fourth-order valence-electron chi connectivity index (χ4n) is 1.49. The van der Waals surface area contributed by atoms with Crippen molar-refractivity contribution in [3.63, 3.8) is 0 Å². The van der Waals surface area contributed by atoms with E-state index < -0.39 is 0 Å². The van der Waals surface area contributed by atoms with Crippen LogP contribution in [-0.2, 0) is 0 Å². The predicted molar refractivity (Wildman–Crippen MR) is 75.8 cm³/mol. The summed E-state index contributed by atoms with van der Waals surface area (Å²) in [6, 6.07) is 6.86. The minimum Gasteiger partial charge on any atom is -0.497 e. The molecule has 0 aliphatic carbocycles. The number of nitrogens with one attached hydrogen (secondary N) is 3. The summed E-state index contributed by atoms with van der Waals surface area (Å²) in [5, 5.41) is 12.5. The van der Waals surface area contributed by atoms with Gasteiger partial charge in [0.15, 0.2) is 0 Å². The molecular weight excluding hydrogens is 244 g/mol. The molecule has 0 unspecified atom stereocenters. The molecule has 6 nitrogen and oxygen atoms in total. The highest BCUT2D eigenvalue weighted by atomic mass is 16.5. The van der Waals surface area contributed by atoms with Crippen molar-refractivity contribution in [2.24, 2.45) is 5.73 Å². The lowest BCUT2D eigenvalue weighted by atomic mass is 10.2. The Morgan fingerprint density at radius 3 is 2.58 bits per heavy atom. The number of nitrogens with two attached hydrogens (primary N) is 1. The maximum Gasteiger partial charge on any atom is 0.319 e. The van der Waals surface area contributed by atoms with E-state index in [1.54, 1.807) is 31.4 Å². The van der Waals surface area contributed by atoms with Crippen LogP contribution < -0.4 is 21.1 Å². The highest BCUT2D eigenvalue weighted by Crippen LogP contribution is 2.14. The molecule has 0 radical (unpaired) electrons. The Labute approximate surface area is 112 Å². The van der Waals surface area contributed by atoms with Gasteiger partial charge in [0.1, 0.15) is 5.75 Å². The van der Waals surface area contributed by atoms with Crippen LogP contribution in [0.25, 0.3) is 0 Å². The van der Waals surface area contributed by atoms with Crippen molar-refractivity contribution < 1.29 is 9.53 Å². The van der Waals surface area contributed by atoms with Crippen LogP contribution in [0, 0.1) is 5.41 Å². The van der Waals surface area contributed by atoms with Crippen molar-refractivity contribution in [1.29, 1.82) is 5.41 Å². The first-order valence-corrected chi connectivity index (χ1v) is 6.13. The third kappa shape index (κ3) is 6.30. The van der Waals surface area contributed by atoms with Crippen molar-refractivity contribution in [1.82, 2.24) is 5.32 Å². The van der Waals surface area contributed by atoms with E-state index in [0.29, 0.717) is 18.7 Å². The second kappa shape index (κ2) is 7.97. The minimum atomic E-state index is -0.243. The maximum absolute atomic E-state index is 11.5. The molecular formula is C13H20N4O2. The molecule has 0 aliphatic heterocycles. The first-order chi connectivity index (χ1) is 9.11. The van der Waals surface area contributed by atoms with Gasteiger partial charge in [0, 0.05) is 18.7 Å². The van der Waals surface area contributed by atoms with Gasteiger partial charge in [0.05, 0.1) is 12.9 Å². The Kier molecular flexibility index (Phi) is 6.21. The van der Waals surface area contributed by atoms with Crippen molar-refractivity contribution >= 4 is 17.6 Å². The highest BCUT2D eigenvalue weighted by Gasteiger charge is 2.01. The summed E-state index contributed by atoms with van der Waals surface area (Å²) >= 11 is 0. The Bertz CT molecular complexity index is 417. The van der Waals surface area contributed by atoms with E-state index in [0.717, 1.165) is 18.6 Å². The molecule has 0 spiro atoms. The molecule has 0 aliphatic rings. The number of urea groups is 1. The first-order valence-electron chi connectivity index (χ1n) is 6.13. The Morgan fingerprint density at radius 2 is 2.00 bits per heavy atom. The van der Waals surface area contributed by atoms with Crippen LogP contribution in [0.1, 0.15) is 19.3 Å². The van der Waals surface area contributed by atoms with Gasteiger partial charge in [-0.15, -0.1) is 0 Å². The van der Waals surface area contributed by atoms with Gasteiger partial charge in [-0.05, 0) is 37.1 Å². The van der Waals surface area contributed by atoms with Gasteiger partial charge < -0.3 is 21.1 Å². The van der Waals surface area contributed by atoms with Gasteiger partial charge in [0.25, 0.3) is 0 Å². The van der Waals surface area contributed by atoms with Crippen LogP contribution in [0.2, 0.25) is 0 Å². The minimum absolute atomic E-state index is 0.183. The SMILES string of the molecule is COc1ccc(NC(=O)NCCCCC(=N)N)cc1. The number of unbranched alkanes of at least 4 members (excludes halogenated alkanes) is 1. The zero-order chi connectivity index (χ0) is 14.1. The summed E-state index contributed by atoms with van der Waals surface area (Å²) in [5.41, 5.74) is 5.94. The topological polar surface area (TPSA) is 100 Å². The molecule has 19 heavy (non-hydrogen) atoms. The third-order valence-corrected chi connectivity index (χ3v) is 2.51. The van der Waals surface area contributed by atoms with E-state index >= 15 is 0 Å². The summed E-state index contributed by atoms with van der Waals surface area (Å²) in [7, 11) is 1.59. The van der Waals surface area contributed by atoms with Gasteiger partial charge in [-0.3, -0.25) is 5.41 Å². The van der Waals surface area contributed by atoms with Crippen LogP contribution in [0.4, 0.5) is 10.5 Å². The lowest BCUT2D eigenvalue weighted by Gasteiger charge is -2.08. The molecule has 0 saturated carbocycles. The van der Waals surface area contributed by atoms with E-state index in [1.165, 1.54) is 0 Å². The molecule has 1 rings (SSSR count). The van der Waals surface area contributed by atoms with E-state index in [2.05, 4.69) is 10.6 Å². The smallest absolute Gasteiger partial charge is 0.319 e. The fraction of sp³-hybridized carbons (Fsp3) is 0.385. The third-order valence-electron chi connectivity index (χ3n) is 2.51. The molecule has 0 bridgehead atoms. The lowest BCUT2D eigenvalue weighted by Crippen LogP contribution is -2.29. The van der Waals surface area contributed by atoms with Crippen LogP contribution in [0.15, 0.2) is 24.3 Å². The largest absolute Gasteiger partial charge is 0.497 e.